The van der Waals surface area contributed by atoms with E-state index < -0.39 is 5.54 Å². The number of rotatable bonds is 5. The maximum atomic E-state index is 13.8. The van der Waals surface area contributed by atoms with Gasteiger partial charge in [-0.15, -0.1) is 11.3 Å². The molecule has 0 unspecified atom stereocenters. The largest absolute Gasteiger partial charge is 0.350 e. The maximum absolute atomic E-state index is 13.8. The van der Waals surface area contributed by atoms with E-state index in [0.29, 0.717) is 22.9 Å². The van der Waals surface area contributed by atoms with Crippen LogP contribution in [0.1, 0.15) is 28.5 Å². The lowest BCUT2D eigenvalue weighted by Crippen LogP contribution is -2.64. The van der Waals surface area contributed by atoms with Gasteiger partial charge in [-0.3, -0.25) is 19.2 Å². The molecule has 3 heterocycles. The van der Waals surface area contributed by atoms with Crippen LogP contribution in [0.5, 0.6) is 0 Å². The molecule has 1 aliphatic rings. The van der Waals surface area contributed by atoms with E-state index in [0.717, 1.165) is 21.7 Å². The fraction of sp³-hybridized carbons (Fsp3) is 0.192. The molecule has 4 aromatic rings. The monoisotopic (exact) mass is 490 g/mol. The zero-order valence-electron chi connectivity index (χ0n) is 18.8. The number of aryl methyl sites for hydroxylation is 1. The van der Waals surface area contributed by atoms with E-state index in [2.05, 4.69) is 10.4 Å². The summed E-state index contributed by atoms with van der Waals surface area (Å²) in [5, 5.41) is 10.2. The van der Waals surface area contributed by atoms with Gasteiger partial charge in [0.2, 0.25) is 5.91 Å². The minimum Gasteiger partial charge on any atom is -0.350 e. The minimum atomic E-state index is -1.19. The molecule has 0 saturated heterocycles. The molecule has 1 N–H and O–H groups in total. The number of hydrogen-bond donors (Lipinski definition) is 1. The number of benzene rings is 2. The summed E-state index contributed by atoms with van der Waals surface area (Å²) in [6.45, 7) is 4.38. The average molecular weight is 491 g/mol. The molecule has 6 nitrogen and oxygen atoms in total. The first-order valence-corrected chi connectivity index (χ1v) is 12.2. The Bertz CT molecular complexity index is 1360. The van der Waals surface area contributed by atoms with Gasteiger partial charge in [-0.25, -0.2) is 0 Å². The van der Waals surface area contributed by atoms with Crippen LogP contribution >= 0.6 is 22.9 Å². The molecule has 2 aromatic heterocycles. The number of hydrogen-bond acceptors (Lipinski definition) is 4. The molecule has 0 bridgehead atoms. The van der Waals surface area contributed by atoms with E-state index in [1.807, 2.05) is 48.7 Å². The zero-order chi connectivity index (χ0) is 23.9. The van der Waals surface area contributed by atoms with Gasteiger partial charge in [0.1, 0.15) is 16.9 Å². The quantitative estimate of drug-likeness (QED) is 0.412. The molecular weight excluding hydrogens is 468 g/mol. The number of halogens is 1. The average Bonchev–Trinajstić information content (AvgIpc) is 3.49. The second kappa shape index (κ2) is 8.74. The lowest BCUT2D eigenvalue weighted by atomic mass is 9.93. The Morgan fingerprint density at radius 2 is 1.94 bits per heavy atom. The van der Waals surface area contributed by atoms with Crippen molar-refractivity contribution in [1.29, 1.82) is 0 Å². The Kier molecular flexibility index (Phi) is 5.75. The summed E-state index contributed by atoms with van der Waals surface area (Å²) >= 11 is 7.65. The number of nitrogens with one attached hydrogen (secondary N) is 1. The molecule has 1 aliphatic heterocycles. The second-order valence-corrected chi connectivity index (χ2v) is 10.00. The van der Waals surface area contributed by atoms with E-state index in [1.165, 1.54) is 0 Å². The minimum absolute atomic E-state index is 0.224. The molecule has 8 heteroatoms. The van der Waals surface area contributed by atoms with E-state index in [-0.39, 0.29) is 18.4 Å². The highest BCUT2D eigenvalue weighted by Crippen LogP contribution is 2.35. The number of anilines is 1. The standard InChI is InChI=1S/C26H23ClN4O2S/c1-17-5-3-6-18(13-17)15-28-25(33)26(2)16-30-22(14-21(29-30)23-7-4-12-34-23)24(32)31(26)20-10-8-19(27)9-11-20/h3-14H,15-16H2,1-2H3,(H,28,33)/t26-/m0/s1. The lowest BCUT2D eigenvalue weighted by molar-refractivity contribution is -0.126. The number of amides is 2. The van der Waals surface area contributed by atoms with E-state index in [9.17, 15) is 9.59 Å². The number of fused-ring (bicyclic) bond motifs is 1. The predicted molar refractivity (Wildman–Crippen MR) is 135 cm³/mol. The predicted octanol–water partition coefficient (Wildman–Crippen LogP) is 5.31. The van der Waals surface area contributed by atoms with Crippen molar-refractivity contribution >= 4 is 40.4 Å². The van der Waals surface area contributed by atoms with Gasteiger partial charge in [-0.05, 0) is 61.2 Å². The third-order valence-corrected chi connectivity index (χ3v) is 7.18. The van der Waals surface area contributed by atoms with Crippen molar-refractivity contribution in [3.8, 4) is 10.6 Å². The molecule has 0 radical (unpaired) electrons. The first kappa shape index (κ1) is 22.4. The van der Waals surface area contributed by atoms with Gasteiger partial charge in [-0.1, -0.05) is 47.5 Å². The Labute approximate surface area is 206 Å². The van der Waals surface area contributed by atoms with Gasteiger partial charge in [0.25, 0.3) is 5.91 Å². The van der Waals surface area contributed by atoms with Crippen LogP contribution in [-0.2, 0) is 17.9 Å². The van der Waals surface area contributed by atoms with Crippen LogP contribution in [0.4, 0.5) is 5.69 Å². The van der Waals surface area contributed by atoms with Gasteiger partial charge in [0, 0.05) is 17.3 Å². The van der Waals surface area contributed by atoms with Crippen molar-refractivity contribution in [2.24, 2.45) is 0 Å². The molecule has 2 aromatic carbocycles. The summed E-state index contributed by atoms with van der Waals surface area (Å²) in [6.07, 6.45) is 0. The van der Waals surface area contributed by atoms with E-state index in [4.69, 9.17) is 11.6 Å². The molecule has 0 aliphatic carbocycles. The van der Waals surface area contributed by atoms with Crippen LogP contribution in [-0.4, -0.2) is 27.1 Å². The highest BCUT2D eigenvalue weighted by Gasteiger charge is 2.48. The van der Waals surface area contributed by atoms with Gasteiger partial charge < -0.3 is 5.32 Å². The highest BCUT2D eigenvalue weighted by molar-refractivity contribution is 7.13. The summed E-state index contributed by atoms with van der Waals surface area (Å²) in [4.78, 5) is 30.0. The van der Waals surface area contributed by atoms with Crippen LogP contribution in [0.2, 0.25) is 5.02 Å². The molecule has 0 spiro atoms. The fourth-order valence-electron chi connectivity index (χ4n) is 4.32. The Hall–Kier alpha value is -3.42. The van der Waals surface area contributed by atoms with Crippen LogP contribution in [0.25, 0.3) is 10.6 Å². The summed E-state index contributed by atoms with van der Waals surface area (Å²) in [5.41, 5.74) is 2.70. The van der Waals surface area contributed by atoms with Crippen LogP contribution in [0.3, 0.4) is 0 Å². The lowest BCUT2D eigenvalue weighted by Gasteiger charge is -2.43. The number of carbonyl (C=O) groups is 2. The molecule has 1 atom stereocenters. The van der Waals surface area contributed by atoms with E-state index in [1.54, 1.807) is 58.2 Å². The number of aromatic nitrogens is 2. The topological polar surface area (TPSA) is 67.2 Å². The summed E-state index contributed by atoms with van der Waals surface area (Å²) < 4.78 is 1.65. The molecule has 0 saturated carbocycles. The number of nitrogens with zero attached hydrogens (tertiary/aromatic N) is 3. The highest BCUT2D eigenvalue weighted by atomic mass is 35.5. The third kappa shape index (κ3) is 4.02. The van der Waals surface area contributed by atoms with Crippen molar-refractivity contribution in [3.05, 3.63) is 94.0 Å². The zero-order valence-corrected chi connectivity index (χ0v) is 20.4. The smallest absolute Gasteiger partial charge is 0.277 e. The van der Waals surface area contributed by atoms with Crippen LogP contribution < -0.4 is 10.2 Å². The van der Waals surface area contributed by atoms with Gasteiger partial charge in [-0.2, -0.15) is 5.10 Å². The maximum Gasteiger partial charge on any atom is 0.277 e. The van der Waals surface area contributed by atoms with Gasteiger partial charge in [0.15, 0.2) is 0 Å². The third-order valence-electron chi connectivity index (χ3n) is 6.04. The fourth-order valence-corrected chi connectivity index (χ4v) is 5.12. The second-order valence-electron chi connectivity index (χ2n) is 8.61. The van der Waals surface area contributed by atoms with Crippen molar-refractivity contribution in [2.75, 3.05) is 4.90 Å². The molecule has 0 fully saturated rings. The van der Waals surface area contributed by atoms with Crippen molar-refractivity contribution in [1.82, 2.24) is 15.1 Å². The normalized spacial score (nSPS) is 17.5. The van der Waals surface area contributed by atoms with Gasteiger partial charge >= 0.3 is 0 Å². The van der Waals surface area contributed by atoms with Crippen LogP contribution in [0.15, 0.2) is 72.1 Å². The summed E-state index contributed by atoms with van der Waals surface area (Å²) in [6, 6.07) is 20.7. The Morgan fingerprint density at radius 3 is 2.65 bits per heavy atom. The number of carbonyl (C=O) groups excluding carboxylic acids is 2. The first-order valence-electron chi connectivity index (χ1n) is 10.9. The van der Waals surface area contributed by atoms with Crippen LogP contribution in [0, 0.1) is 6.92 Å². The van der Waals surface area contributed by atoms with Gasteiger partial charge in [0.05, 0.1) is 11.4 Å². The summed E-state index contributed by atoms with van der Waals surface area (Å²) in [7, 11) is 0. The SMILES string of the molecule is Cc1cccc(CNC(=O)[C@]2(C)Cn3nc(-c4cccs4)cc3C(=O)N2c2ccc(Cl)cc2)c1. The first-order chi connectivity index (χ1) is 16.3. The number of thiophene rings is 1. The van der Waals surface area contributed by atoms with Crippen molar-refractivity contribution in [3.63, 3.8) is 0 Å². The molecular formula is C26H23ClN4O2S. The Morgan fingerprint density at radius 1 is 1.15 bits per heavy atom. The Balaban J connectivity index is 1.53. The molecule has 172 valence electrons. The van der Waals surface area contributed by atoms with Crippen molar-refractivity contribution in [2.45, 2.75) is 32.5 Å². The van der Waals surface area contributed by atoms with E-state index >= 15 is 0 Å². The molecule has 5 rings (SSSR count). The summed E-state index contributed by atoms with van der Waals surface area (Å²) in [5.74, 6) is -0.534. The molecule has 2 amide bonds. The molecule has 34 heavy (non-hydrogen) atoms. The van der Waals surface area contributed by atoms with Crippen molar-refractivity contribution < 1.29 is 9.59 Å².